The molecule has 4 aromatic rings. The van der Waals surface area contributed by atoms with Crippen molar-refractivity contribution < 1.29 is 4.74 Å². The van der Waals surface area contributed by atoms with Crippen molar-refractivity contribution in [2.24, 2.45) is 12.0 Å². The lowest BCUT2D eigenvalue weighted by atomic mass is 10.0. The van der Waals surface area contributed by atoms with E-state index in [1.165, 1.54) is 5.56 Å². The van der Waals surface area contributed by atoms with E-state index in [4.69, 9.17) is 4.74 Å². The zero-order chi connectivity index (χ0) is 22.2. The third-order valence-electron chi connectivity index (χ3n) is 5.54. The molecular weight excluding hydrogens is 400 g/mol. The van der Waals surface area contributed by atoms with E-state index in [0.717, 1.165) is 39.4 Å². The first-order valence-electron chi connectivity index (χ1n) is 10.5. The maximum Gasteiger partial charge on any atom is 0.232 e. The molecule has 0 atom stereocenters. The van der Waals surface area contributed by atoms with Crippen molar-refractivity contribution in [2.45, 2.75) is 27.2 Å². The van der Waals surface area contributed by atoms with Crippen LogP contribution >= 0.6 is 0 Å². The highest BCUT2D eigenvalue weighted by Crippen LogP contribution is 2.37. The van der Waals surface area contributed by atoms with Crippen molar-refractivity contribution in [3.05, 3.63) is 70.9 Å². The topological polar surface area (TPSA) is 77.2 Å². The van der Waals surface area contributed by atoms with Crippen LogP contribution in [0.4, 0.5) is 17.5 Å². The van der Waals surface area contributed by atoms with Gasteiger partial charge in [-0.15, -0.1) is 0 Å². The van der Waals surface area contributed by atoms with E-state index in [-0.39, 0.29) is 0 Å². The van der Waals surface area contributed by atoms with Gasteiger partial charge >= 0.3 is 0 Å². The standard InChI is InChI=1S/C25H24N6O/c1-15-5-7-19(8-6-15)28-25-29-23-20(9-11-26-23)24(30-25)32-22-16(2)13-18(14-17(22)3)21-10-12-27-31(21)4/h5-8,10-14H,9H2,1-4H3,(H,28,29,30). The largest absolute Gasteiger partial charge is 0.438 e. The number of nitrogens with one attached hydrogen (secondary N) is 1. The Morgan fingerprint density at radius 3 is 2.41 bits per heavy atom. The molecule has 7 heteroatoms. The second-order valence-electron chi connectivity index (χ2n) is 8.04. The number of hydrogen-bond acceptors (Lipinski definition) is 6. The van der Waals surface area contributed by atoms with Gasteiger partial charge in [0.15, 0.2) is 5.82 Å². The van der Waals surface area contributed by atoms with E-state index in [9.17, 15) is 0 Å². The van der Waals surface area contributed by atoms with E-state index in [1.807, 2.05) is 62.1 Å². The molecule has 0 saturated carbocycles. The first kappa shape index (κ1) is 19.9. The van der Waals surface area contributed by atoms with Gasteiger partial charge in [0, 0.05) is 37.1 Å². The number of fused-ring (bicyclic) bond motifs is 1. The lowest BCUT2D eigenvalue weighted by Gasteiger charge is -2.16. The van der Waals surface area contributed by atoms with Crippen LogP contribution in [0.3, 0.4) is 0 Å². The number of aryl methyl sites for hydroxylation is 4. The molecule has 0 saturated heterocycles. The number of aliphatic imine (C=N–C) groups is 1. The Labute approximate surface area is 186 Å². The minimum Gasteiger partial charge on any atom is -0.438 e. The van der Waals surface area contributed by atoms with Crippen LogP contribution in [0, 0.1) is 20.8 Å². The Morgan fingerprint density at radius 1 is 0.969 bits per heavy atom. The molecule has 1 N–H and O–H groups in total. The molecule has 0 spiro atoms. The number of benzene rings is 2. The number of rotatable bonds is 5. The summed E-state index contributed by atoms with van der Waals surface area (Å²) in [5.74, 6) is 2.43. The van der Waals surface area contributed by atoms with Gasteiger partial charge in [-0.25, -0.2) is 4.99 Å². The SMILES string of the molecule is Cc1ccc(Nc2nc3c(c(Oc4c(C)cc(-c5ccnn5C)cc4C)n2)CC=N3)cc1. The average molecular weight is 425 g/mol. The number of hydrogen-bond donors (Lipinski definition) is 1. The van der Waals surface area contributed by atoms with E-state index in [2.05, 4.69) is 44.4 Å². The second-order valence-corrected chi connectivity index (χ2v) is 8.04. The molecule has 32 heavy (non-hydrogen) atoms. The van der Waals surface area contributed by atoms with Gasteiger partial charge in [0.2, 0.25) is 11.8 Å². The number of aromatic nitrogens is 4. The van der Waals surface area contributed by atoms with Gasteiger partial charge in [-0.1, -0.05) is 17.7 Å². The molecule has 0 fully saturated rings. The summed E-state index contributed by atoms with van der Waals surface area (Å²) in [6.07, 6.45) is 4.30. The molecule has 0 aliphatic carbocycles. The van der Waals surface area contributed by atoms with Crippen LogP contribution in [0.25, 0.3) is 11.3 Å². The molecule has 160 valence electrons. The van der Waals surface area contributed by atoms with Crippen LogP contribution in [0.15, 0.2) is 53.7 Å². The molecule has 1 aliphatic heterocycles. The zero-order valence-corrected chi connectivity index (χ0v) is 18.5. The molecule has 2 aromatic heterocycles. The lowest BCUT2D eigenvalue weighted by molar-refractivity contribution is 0.451. The van der Waals surface area contributed by atoms with Crippen molar-refractivity contribution >= 4 is 23.7 Å². The van der Waals surface area contributed by atoms with E-state index in [1.54, 1.807) is 6.20 Å². The molecule has 1 aliphatic rings. The van der Waals surface area contributed by atoms with Gasteiger partial charge in [0.1, 0.15) is 5.75 Å². The smallest absolute Gasteiger partial charge is 0.232 e. The summed E-state index contributed by atoms with van der Waals surface area (Å²) in [6, 6.07) is 14.3. The minimum absolute atomic E-state index is 0.462. The number of ether oxygens (including phenoxy) is 1. The van der Waals surface area contributed by atoms with Crippen LogP contribution < -0.4 is 10.1 Å². The summed E-state index contributed by atoms with van der Waals surface area (Å²) in [5.41, 5.74) is 7.22. The van der Waals surface area contributed by atoms with Crippen molar-refractivity contribution in [1.82, 2.24) is 19.7 Å². The van der Waals surface area contributed by atoms with E-state index >= 15 is 0 Å². The summed E-state index contributed by atoms with van der Waals surface area (Å²) < 4.78 is 8.26. The lowest BCUT2D eigenvalue weighted by Crippen LogP contribution is -2.03. The van der Waals surface area contributed by atoms with Crippen molar-refractivity contribution in [3.8, 4) is 22.9 Å². The van der Waals surface area contributed by atoms with Gasteiger partial charge < -0.3 is 10.1 Å². The predicted octanol–water partition coefficient (Wildman–Crippen LogP) is 5.60. The highest BCUT2D eigenvalue weighted by Gasteiger charge is 2.21. The Balaban J connectivity index is 1.49. The first-order valence-corrected chi connectivity index (χ1v) is 10.5. The van der Waals surface area contributed by atoms with Crippen molar-refractivity contribution in [3.63, 3.8) is 0 Å². The molecule has 2 aromatic carbocycles. The first-order chi connectivity index (χ1) is 15.5. The van der Waals surface area contributed by atoms with Crippen LogP contribution in [0.2, 0.25) is 0 Å². The van der Waals surface area contributed by atoms with Gasteiger partial charge in [-0.05, 0) is 62.2 Å². The summed E-state index contributed by atoms with van der Waals surface area (Å²) in [4.78, 5) is 13.7. The molecule has 5 rings (SSSR count). The molecule has 3 heterocycles. The fourth-order valence-corrected chi connectivity index (χ4v) is 3.88. The zero-order valence-electron chi connectivity index (χ0n) is 18.5. The third-order valence-corrected chi connectivity index (χ3v) is 5.54. The Morgan fingerprint density at radius 2 is 1.72 bits per heavy atom. The molecule has 0 radical (unpaired) electrons. The normalized spacial score (nSPS) is 12.1. The van der Waals surface area contributed by atoms with Crippen LogP contribution in [0.5, 0.6) is 11.6 Å². The van der Waals surface area contributed by atoms with Crippen molar-refractivity contribution in [2.75, 3.05) is 5.32 Å². The van der Waals surface area contributed by atoms with Gasteiger partial charge in [0.25, 0.3) is 0 Å². The molecule has 0 bridgehead atoms. The summed E-state index contributed by atoms with van der Waals surface area (Å²) >= 11 is 0. The average Bonchev–Trinajstić information content (AvgIpc) is 3.41. The van der Waals surface area contributed by atoms with E-state index in [0.29, 0.717) is 24.1 Å². The fraction of sp³-hybridized carbons (Fsp3) is 0.200. The monoisotopic (exact) mass is 424 g/mol. The number of nitrogens with zero attached hydrogens (tertiary/aromatic N) is 5. The summed E-state index contributed by atoms with van der Waals surface area (Å²) in [6.45, 7) is 6.15. The number of anilines is 2. The van der Waals surface area contributed by atoms with E-state index < -0.39 is 0 Å². The molecule has 7 nitrogen and oxygen atoms in total. The Kier molecular flexibility index (Phi) is 4.93. The Hall–Kier alpha value is -4.00. The highest BCUT2D eigenvalue weighted by molar-refractivity contribution is 5.76. The maximum atomic E-state index is 6.39. The molecule has 0 amide bonds. The van der Waals surface area contributed by atoms with Crippen LogP contribution in [-0.4, -0.2) is 26.0 Å². The fourth-order valence-electron chi connectivity index (χ4n) is 3.88. The quantitative estimate of drug-likeness (QED) is 0.451. The summed E-state index contributed by atoms with van der Waals surface area (Å²) in [7, 11) is 1.94. The molecular formula is C25H24N6O. The minimum atomic E-state index is 0.462. The van der Waals surface area contributed by atoms with Gasteiger partial charge in [-0.3, -0.25) is 4.68 Å². The molecule has 0 unspecified atom stereocenters. The highest BCUT2D eigenvalue weighted by atomic mass is 16.5. The van der Waals surface area contributed by atoms with Crippen LogP contribution in [0.1, 0.15) is 22.3 Å². The maximum absolute atomic E-state index is 6.39. The van der Waals surface area contributed by atoms with Crippen molar-refractivity contribution in [1.29, 1.82) is 0 Å². The predicted molar refractivity (Wildman–Crippen MR) is 127 cm³/mol. The summed E-state index contributed by atoms with van der Waals surface area (Å²) in [5, 5.41) is 7.54. The van der Waals surface area contributed by atoms with Crippen LogP contribution in [-0.2, 0) is 13.5 Å². The Bertz CT molecular complexity index is 1310. The van der Waals surface area contributed by atoms with Gasteiger partial charge in [0.05, 0.1) is 11.3 Å². The van der Waals surface area contributed by atoms with Gasteiger partial charge in [-0.2, -0.15) is 15.1 Å². The second kappa shape index (κ2) is 7.92. The third kappa shape index (κ3) is 3.73.